The average molecular weight is 375 g/mol. The Morgan fingerprint density at radius 3 is 2.29 bits per heavy atom. The third-order valence-electron chi connectivity index (χ3n) is 6.99. The summed E-state index contributed by atoms with van der Waals surface area (Å²) in [7, 11) is 0. The van der Waals surface area contributed by atoms with E-state index in [1.807, 2.05) is 32.9 Å². The first-order chi connectivity index (χ1) is 13.2. The van der Waals surface area contributed by atoms with E-state index < -0.39 is 22.1 Å². The number of hydrogen-bond acceptors (Lipinski definition) is 5. The first kappa shape index (κ1) is 18.1. The highest BCUT2D eigenvalue weighted by atomic mass is 19.1. The summed E-state index contributed by atoms with van der Waals surface area (Å²) in [6, 6.07) is 9.82. The normalized spacial score (nSPS) is 26.2. The molecule has 4 rings (SSSR count). The van der Waals surface area contributed by atoms with E-state index in [9.17, 15) is 19.7 Å². The van der Waals surface area contributed by atoms with Crippen molar-refractivity contribution in [3.8, 4) is 12.1 Å². The molecule has 2 aliphatic carbocycles. The van der Waals surface area contributed by atoms with E-state index in [0.717, 1.165) is 0 Å². The Hall–Kier alpha value is -3.32. The molecular formula is C21H18FN5O. The smallest absolute Gasteiger partial charge is 0.237 e. The summed E-state index contributed by atoms with van der Waals surface area (Å²) >= 11 is 0. The number of nitrogens with one attached hydrogen (secondary N) is 1. The van der Waals surface area contributed by atoms with Crippen LogP contribution in [0.5, 0.6) is 0 Å². The highest BCUT2D eigenvalue weighted by molar-refractivity contribution is 6.01. The minimum atomic E-state index is -1.06. The first-order valence-corrected chi connectivity index (χ1v) is 9.02. The lowest BCUT2D eigenvalue weighted by molar-refractivity contribution is -0.125. The maximum atomic E-state index is 14.1. The second-order valence-corrected chi connectivity index (χ2v) is 8.14. The number of anilines is 1. The molecule has 1 aromatic heterocycles. The molecule has 0 unspecified atom stereocenters. The highest BCUT2D eigenvalue weighted by Crippen LogP contribution is 2.70. The number of para-hydroxylation sites is 1. The number of nitriles is 2. The van der Waals surface area contributed by atoms with Crippen LogP contribution in [0, 0.1) is 33.9 Å². The molecule has 2 aromatic rings. The van der Waals surface area contributed by atoms with E-state index in [2.05, 4.69) is 15.3 Å². The van der Waals surface area contributed by atoms with E-state index >= 15 is 0 Å². The minimum Gasteiger partial charge on any atom is -0.323 e. The molecule has 6 nitrogen and oxygen atoms in total. The van der Waals surface area contributed by atoms with Crippen molar-refractivity contribution in [3.05, 3.63) is 52.9 Å². The Bertz CT molecular complexity index is 1110. The molecule has 0 saturated heterocycles. The van der Waals surface area contributed by atoms with Gasteiger partial charge in [0.15, 0.2) is 11.4 Å². The van der Waals surface area contributed by atoms with Gasteiger partial charge >= 0.3 is 0 Å². The zero-order valence-corrected chi connectivity index (χ0v) is 15.8. The predicted octanol–water partition coefficient (Wildman–Crippen LogP) is 3.33. The Kier molecular flexibility index (Phi) is 3.61. The number of aromatic nitrogens is 2. The SMILES string of the molecule is CC1(C)[C@@]2(C)CC[C@@]1(C(=O)Nc1ccccc1F)c1nc(C#N)c(C#N)nc12. The molecule has 1 N–H and O–H groups in total. The summed E-state index contributed by atoms with van der Waals surface area (Å²) in [6.07, 6.45) is 1.19. The summed E-state index contributed by atoms with van der Waals surface area (Å²) in [5.74, 6) is -0.888. The van der Waals surface area contributed by atoms with Crippen LogP contribution in [0.2, 0.25) is 0 Å². The molecule has 2 bridgehead atoms. The van der Waals surface area contributed by atoms with Crippen LogP contribution < -0.4 is 5.32 Å². The summed E-state index contributed by atoms with van der Waals surface area (Å²) in [4.78, 5) is 22.4. The molecule has 1 heterocycles. The van der Waals surface area contributed by atoms with E-state index in [1.165, 1.54) is 12.1 Å². The van der Waals surface area contributed by atoms with Crippen molar-refractivity contribution in [2.24, 2.45) is 5.41 Å². The summed E-state index contributed by atoms with van der Waals surface area (Å²) in [6.45, 7) is 5.96. The maximum Gasteiger partial charge on any atom is 0.237 e. The molecular weight excluding hydrogens is 357 g/mol. The Labute approximate surface area is 162 Å². The number of amides is 1. The predicted molar refractivity (Wildman–Crippen MR) is 98.5 cm³/mol. The van der Waals surface area contributed by atoms with Crippen LogP contribution >= 0.6 is 0 Å². The Morgan fingerprint density at radius 2 is 1.68 bits per heavy atom. The van der Waals surface area contributed by atoms with E-state index in [0.29, 0.717) is 24.2 Å². The first-order valence-electron chi connectivity index (χ1n) is 9.02. The Morgan fingerprint density at radius 1 is 1.07 bits per heavy atom. The molecule has 0 radical (unpaired) electrons. The van der Waals surface area contributed by atoms with Crippen molar-refractivity contribution in [2.45, 2.75) is 44.4 Å². The van der Waals surface area contributed by atoms with Crippen molar-refractivity contribution < 1.29 is 9.18 Å². The van der Waals surface area contributed by atoms with Gasteiger partial charge in [0.25, 0.3) is 0 Å². The van der Waals surface area contributed by atoms with Gasteiger partial charge in [0.1, 0.15) is 18.0 Å². The third kappa shape index (κ3) is 1.91. The molecule has 1 fully saturated rings. The van der Waals surface area contributed by atoms with Gasteiger partial charge in [-0.2, -0.15) is 10.5 Å². The van der Waals surface area contributed by atoms with E-state index in [4.69, 9.17) is 0 Å². The molecule has 0 spiro atoms. The maximum absolute atomic E-state index is 14.1. The molecule has 2 atom stereocenters. The van der Waals surface area contributed by atoms with Gasteiger partial charge in [0.05, 0.1) is 22.5 Å². The largest absolute Gasteiger partial charge is 0.323 e. The third-order valence-corrected chi connectivity index (χ3v) is 6.99. The van der Waals surface area contributed by atoms with Crippen LogP contribution in [-0.4, -0.2) is 15.9 Å². The second kappa shape index (κ2) is 5.59. The van der Waals surface area contributed by atoms with Crippen molar-refractivity contribution in [2.75, 3.05) is 5.32 Å². The second-order valence-electron chi connectivity index (χ2n) is 8.14. The number of halogens is 1. The van der Waals surface area contributed by atoms with Gasteiger partial charge in [-0.3, -0.25) is 4.79 Å². The number of benzene rings is 1. The van der Waals surface area contributed by atoms with Crippen molar-refractivity contribution in [1.29, 1.82) is 10.5 Å². The fourth-order valence-corrected chi connectivity index (χ4v) is 4.93. The molecule has 28 heavy (non-hydrogen) atoms. The van der Waals surface area contributed by atoms with Crippen LogP contribution in [0.15, 0.2) is 24.3 Å². The van der Waals surface area contributed by atoms with E-state index in [-0.39, 0.29) is 23.0 Å². The quantitative estimate of drug-likeness (QED) is 0.867. The summed E-state index contributed by atoms with van der Waals surface area (Å²) in [5.41, 5.74) is -1.14. The molecule has 7 heteroatoms. The van der Waals surface area contributed by atoms with Gasteiger partial charge in [0.2, 0.25) is 5.91 Å². The van der Waals surface area contributed by atoms with Crippen molar-refractivity contribution in [3.63, 3.8) is 0 Å². The van der Waals surface area contributed by atoms with Crippen LogP contribution in [0.1, 0.15) is 56.4 Å². The number of carbonyl (C=O) groups is 1. The zero-order chi connectivity index (χ0) is 20.3. The lowest BCUT2D eigenvalue weighted by Crippen LogP contribution is -2.48. The minimum absolute atomic E-state index is 0.0320. The molecule has 1 amide bonds. The fourth-order valence-electron chi connectivity index (χ4n) is 4.93. The lowest BCUT2D eigenvalue weighted by Gasteiger charge is -2.39. The fraction of sp³-hybridized carbons (Fsp3) is 0.381. The van der Waals surface area contributed by atoms with Gasteiger partial charge in [-0.05, 0) is 30.4 Å². The Balaban J connectivity index is 1.93. The number of rotatable bonds is 2. The summed E-state index contributed by atoms with van der Waals surface area (Å²) < 4.78 is 14.1. The van der Waals surface area contributed by atoms with Crippen LogP contribution in [0.3, 0.4) is 0 Å². The van der Waals surface area contributed by atoms with Gasteiger partial charge in [-0.25, -0.2) is 14.4 Å². The van der Waals surface area contributed by atoms with E-state index in [1.54, 1.807) is 12.1 Å². The van der Waals surface area contributed by atoms with Gasteiger partial charge in [-0.1, -0.05) is 32.9 Å². The van der Waals surface area contributed by atoms with Gasteiger partial charge in [0, 0.05) is 5.41 Å². The highest BCUT2D eigenvalue weighted by Gasteiger charge is 2.73. The molecule has 1 saturated carbocycles. The van der Waals surface area contributed by atoms with Crippen LogP contribution in [0.4, 0.5) is 10.1 Å². The van der Waals surface area contributed by atoms with Crippen molar-refractivity contribution >= 4 is 11.6 Å². The average Bonchev–Trinajstić information content (AvgIpc) is 2.98. The van der Waals surface area contributed by atoms with Crippen LogP contribution in [-0.2, 0) is 15.6 Å². The number of hydrogen-bond donors (Lipinski definition) is 1. The number of nitrogens with zero attached hydrogens (tertiary/aromatic N) is 4. The standard InChI is InChI=1S/C21H18FN5O/c1-19(2)20(3)8-9-21(19,18(28)27-13-7-5-4-6-12(13)22)17-16(20)25-14(10-23)15(11-24)26-17/h4-7H,8-9H2,1-3H3,(H,27,28)/t20-,21-/m0/s1. The topological polar surface area (TPSA) is 102 Å². The number of fused-ring (bicyclic) bond motifs is 5. The van der Waals surface area contributed by atoms with Gasteiger partial charge in [-0.15, -0.1) is 0 Å². The monoisotopic (exact) mass is 375 g/mol. The van der Waals surface area contributed by atoms with Crippen molar-refractivity contribution in [1.82, 2.24) is 9.97 Å². The molecule has 140 valence electrons. The molecule has 1 aromatic carbocycles. The number of carbonyl (C=O) groups excluding carboxylic acids is 1. The van der Waals surface area contributed by atoms with Crippen LogP contribution in [0.25, 0.3) is 0 Å². The molecule has 2 aliphatic rings. The van der Waals surface area contributed by atoms with Gasteiger partial charge < -0.3 is 5.32 Å². The lowest BCUT2D eigenvalue weighted by atomic mass is 9.63. The zero-order valence-electron chi connectivity index (χ0n) is 15.8. The summed E-state index contributed by atoms with van der Waals surface area (Å²) in [5, 5.41) is 21.4. The molecule has 0 aliphatic heterocycles.